The summed E-state index contributed by atoms with van der Waals surface area (Å²) in [4.78, 5) is 12.4. The first-order valence-corrected chi connectivity index (χ1v) is 10.2. The quantitative estimate of drug-likeness (QED) is 0.706. The normalized spacial score (nSPS) is 24.5. The zero-order valence-electron chi connectivity index (χ0n) is 14.6. The monoisotopic (exact) mass is 383 g/mol. The van der Waals surface area contributed by atoms with E-state index in [1.165, 1.54) is 4.31 Å². The molecule has 1 aromatic carbocycles. The minimum Gasteiger partial charge on any atom is -0.379 e. The highest BCUT2D eigenvalue weighted by atomic mass is 32.2. The minimum absolute atomic E-state index is 0.0459. The molecule has 2 atom stereocenters. The molecule has 3 rings (SSSR count). The van der Waals surface area contributed by atoms with E-state index in [4.69, 9.17) is 15.2 Å². The molecule has 2 aliphatic heterocycles. The zero-order chi connectivity index (χ0) is 18.6. The van der Waals surface area contributed by atoms with Crippen LogP contribution in [0.4, 0.5) is 0 Å². The van der Waals surface area contributed by atoms with E-state index in [2.05, 4.69) is 5.32 Å². The first-order chi connectivity index (χ1) is 12.5. The van der Waals surface area contributed by atoms with E-state index in [0.29, 0.717) is 45.8 Å². The fourth-order valence-electron chi connectivity index (χ4n) is 3.09. The van der Waals surface area contributed by atoms with Crippen molar-refractivity contribution in [2.75, 3.05) is 32.8 Å². The number of morpholine rings is 1. The number of hydrogen-bond donors (Lipinski definition) is 2. The van der Waals surface area contributed by atoms with Crippen LogP contribution in [0.2, 0.25) is 0 Å². The van der Waals surface area contributed by atoms with Gasteiger partial charge in [0.05, 0.1) is 24.2 Å². The summed E-state index contributed by atoms with van der Waals surface area (Å²) in [5, 5.41) is 2.83. The summed E-state index contributed by atoms with van der Waals surface area (Å²) in [5.41, 5.74) is 6.37. The lowest BCUT2D eigenvalue weighted by molar-refractivity contribution is -0.132. The van der Waals surface area contributed by atoms with Crippen LogP contribution in [0.5, 0.6) is 0 Å². The molecule has 1 amide bonds. The molecule has 0 aliphatic carbocycles. The lowest BCUT2D eigenvalue weighted by atomic mass is 10.2. The number of nitrogens with one attached hydrogen (secondary N) is 1. The van der Waals surface area contributed by atoms with E-state index in [1.807, 2.05) is 0 Å². The van der Waals surface area contributed by atoms with Crippen LogP contribution in [0.1, 0.15) is 18.4 Å². The highest BCUT2D eigenvalue weighted by molar-refractivity contribution is 7.89. The average Bonchev–Trinajstić information content (AvgIpc) is 3.16. The van der Waals surface area contributed by atoms with Crippen LogP contribution in [0.15, 0.2) is 29.2 Å². The summed E-state index contributed by atoms with van der Waals surface area (Å²) in [6.45, 7) is 2.30. The fourth-order valence-corrected chi connectivity index (χ4v) is 4.50. The van der Waals surface area contributed by atoms with Crippen LogP contribution >= 0.6 is 0 Å². The van der Waals surface area contributed by atoms with Crippen molar-refractivity contribution in [2.45, 2.75) is 36.5 Å². The van der Waals surface area contributed by atoms with E-state index in [-0.39, 0.29) is 16.9 Å². The third-order valence-corrected chi connectivity index (χ3v) is 6.57. The number of rotatable bonds is 6. The first-order valence-electron chi connectivity index (χ1n) is 8.81. The molecule has 0 aromatic heterocycles. The molecule has 8 nitrogen and oxygen atoms in total. The van der Waals surface area contributed by atoms with Gasteiger partial charge < -0.3 is 20.5 Å². The Labute approximate surface area is 153 Å². The van der Waals surface area contributed by atoms with Crippen LogP contribution in [-0.4, -0.2) is 63.7 Å². The second-order valence-corrected chi connectivity index (χ2v) is 8.38. The molecule has 1 aromatic rings. The van der Waals surface area contributed by atoms with Gasteiger partial charge in [-0.2, -0.15) is 4.31 Å². The molecule has 26 heavy (non-hydrogen) atoms. The van der Waals surface area contributed by atoms with Crippen molar-refractivity contribution in [1.82, 2.24) is 9.62 Å². The molecule has 0 unspecified atom stereocenters. The molecule has 0 saturated carbocycles. The highest BCUT2D eigenvalue weighted by Gasteiger charge is 2.29. The van der Waals surface area contributed by atoms with E-state index in [0.717, 1.165) is 12.0 Å². The lowest BCUT2D eigenvalue weighted by Gasteiger charge is -2.26. The van der Waals surface area contributed by atoms with E-state index >= 15 is 0 Å². The van der Waals surface area contributed by atoms with Crippen LogP contribution in [-0.2, 0) is 30.8 Å². The Morgan fingerprint density at radius 2 is 1.88 bits per heavy atom. The van der Waals surface area contributed by atoms with E-state index in [9.17, 15) is 13.2 Å². The number of sulfonamides is 1. The maximum absolute atomic E-state index is 12.6. The third kappa shape index (κ3) is 4.41. The van der Waals surface area contributed by atoms with Gasteiger partial charge in [-0.15, -0.1) is 0 Å². The van der Waals surface area contributed by atoms with Gasteiger partial charge in [0.1, 0.15) is 6.10 Å². The summed E-state index contributed by atoms with van der Waals surface area (Å²) >= 11 is 0. The van der Waals surface area contributed by atoms with Gasteiger partial charge >= 0.3 is 0 Å². The Morgan fingerprint density at radius 3 is 2.50 bits per heavy atom. The molecular formula is C17H25N3O5S. The summed E-state index contributed by atoms with van der Waals surface area (Å²) < 4.78 is 37.3. The summed E-state index contributed by atoms with van der Waals surface area (Å²) in [6.07, 6.45) is 0.965. The van der Waals surface area contributed by atoms with Gasteiger partial charge in [-0.3, -0.25) is 4.79 Å². The van der Waals surface area contributed by atoms with Crippen molar-refractivity contribution in [2.24, 2.45) is 5.73 Å². The molecular weight excluding hydrogens is 358 g/mol. The second kappa shape index (κ2) is 8.45. The topological polar surface area (TPSA) is 111 Å². The van der Waals surface area contributed by atoms with Crippen molar-refractivity contribution in [1.29, 1.82) is 0 Å². The van der Waals surface area contributed by atoms with E-state index < -0.39 is 16.1 Å². The van der Waals surface area contributed by atoms with Crippen LogP contribution in [0.3, 0.4) is 0 Å². The van der Waals surface area contributed by atoms with Crippen molar-refractivity contribution in [3.8, 4) is 0 Å². The average molecular weight is 383 g/mol. The number of nitrogens with zero attached hydrogens (tertiary/aromatic N) is 1. The predicted octanol–water partition coefficient (Wildman–Crippen LogP) is -0.170. The van der Waals surface area contributed by atoms with Crippen molar-refractivity contribution < 1.29 is 22.7 Å². The highest BCUT2D eigenvalue weighted by Crippen LogP contribution is 2.20. The smallest absolute Gasteiger partial charge is 0.249 e. The number of ether oxygens (including phenoxy) is 2. The first kappa shape index (κ1) is 19.2. The Hall–Kier alpha value is -1.52. The van der Waals surface area contributed by atoms with Crippen molar-refractivity contribution >= 4 is 15.9 Å². The van der Waals surface area contributed by atoms with Gasteiger partial charge in [-0.25, -0.2) is 8.42 Å². The second-order valence-electron chi connectivity index (χ2n) is 6.44. The molecule has 3 N–H and O–H groups in total. The number of amides is 1. The van der Waals surface area contributed by atoms with Crippen LogP contribution in [0.25, 0.3) is 0 Å². The number of carbonyl (C=O) groups excluding carboxylic acids is 1. The summed E-state index contributed by atoms with van der Waals surface area (Å²) in [5.74, 6) is -0.161. The molecule has 144 valence electrons. The Morgan fingerprint density at radius 1 is 1.19 bits per heavy atom. The Bertz CT molecular complexity index is 716. The third-order valence-electron chi connectivity index (χ3n) is 4.66. The molecule has 0 bridgehead atoms. The van der Waals surface area contributed by atoms with Gasteiger partial charge in [-0.1, -0.05) is 12.1 Å². The van der Waals surface area contributed by atoms with Gasteiger partial charge in [-0.05, 0) is 30.5 Å². The van der Waals surface area contributed by atoms with Gasteiger partial charge in [0, 0.05) is 26.2 Å². The lowest BCUT2D eigenvalue weighted by Crippen LogP contribution is -2.40. The van der Waals surface area contributed by atoms with Crippen LogP contribution in [0, 0.1) is 0 Å². The van der Waals surface area contributed by atoms with Gasteiger partial charge in [0.2, 0.25) is 15.9 Å². The van der Waals surface area contributed by atoms with Crippen LogP contribution < -0.4 is 11.1 Å². The molecule has 2 fully saturated rings. The number of nitrogens with two attached hydrogens (primary N) is 1. The number of hydrogen-bond acceptors (Lipinski definition) is 6. The van der Waals surface area contributed by atoms with Gasteiger partial charge in [0.25, 0.3) is 0 Å². The predicted molar refractivity (Wildman–Crippen MR) is 94.8 cm³/mol. The zero-order valence-corrected chi connectivity index (χ0v) is 15.4. The van der Waals surface area contributed by atoms with Crippen molar-refractivity contribution in [3.05, 3.63) is 29.8 Å². The molecule has 2 saturated heterocycles. The summed E-state index contributed by atoms with van der Waals surface area (Å²) in [7, 11) is -3.50. The van der Waals surface area contributed by atoms with E-state index in [1.54, 1.807) is 24.3 Å². The molecule has 9 heteroatoms. The summed E-state index contributed by atoms with van der Waals surface area (Å²) in [6, 6.07) is 6.57. The number of carbonyl (C=O) groups is 1. The molecule has 2 aliphatic rings. The maximum atomic E-state index is 12.6. The molecule has 0 radical (unpaired) electrons. The Balaban J connectivity index is 1.55. The number of benzene rings is 1. The fraction of sp³-hybridized carbons (Fsp3) is 0.588. The standard InChI is InChI=1S/C17H25N3O5S/c18-11-14-3-6-16(25-14)17(21)19-12-13-1-4-15(5-2-13)26(22,23)20-7-9-24-10-8-20/h1-2,4-5,14,16H,3,6-12,18H2,(H,19,21)/t14-,16+/m1/s1. The minimum atomic E-state index is -3.50. The van der Waals surface area contributed by atoms with Gasteiger partial charge in [0.15, 0.2) is 0 Å². The SMILES string of the molecule is NC[C@H]1CC[C@@H](C(=O)NCc2ccc(S(=O)(=O)N3CCOCC3)cc2)O1. The van der Waals surface area contributed by atoms with Crippen molar-refractivity contribution in [3.63, 3.8) is 0 Å². The maximum Gasteiger partial charge on any atom is 0.249 e. The largest absolute Gasteiger partial charge is 0.379 e. The Kier molecular flexibility index (Phi) is 6.25. The molecule has 2 heterocycles. The molecule has 0 spiro atoms.